The fourth-order valence-electron chi connectivity index (χ4n) is 5.67. The van der Waals surface area contributed by atoms with E-state index in [1.54, 1.807) is 12.1 Å². The van der Waals surface area contributed by atoms with Crippen LogP contribution in [0.2, 0.25) is 0 Å². The predicted octanol–water partition coefficient (Wildman–Crippen LogP) is 3.09. The predicted molar refractivity (Wildman–Crippen MR) is 120 cm³/mol. The van der Waals surface area contributed by atoms with E-state index in [9.17, 15) is 9.59 Å². The Morgan fingerprint density at radius 2 is 1.70 bits per heavy atom. The number of rotatable bonds is 3. The molecule has 1 aromatic carbocycles. The van der Waals surface area contributed by atoms with Crippen molar-refractivity contribution in [1.82, 2.24) is 4.90 Å². The van der Waals surface area contributed by atoms with Crippen molar-refractivity contribution in [3.63, 3.8) is 0 Å². The lowest BCUT2D eigenvalue weighted by molar-refractivity contribution is -0.141. The number of benzene rings is 1. The molecule has 1 amide bonds. The highest BCUT2D eigenvalue weighted by Crippen LogP contribution is 2.42. The Bertz CT molecular complexity index is 743. The van der Waals surface area contributed by atoms with Crippen LogP contribution < -0.4 is 10.6 Å². The van der Waals surface area contributed by atoms with Crippen LogP contribution in [0.25, 0.3) is 0 Å². The largest absolute Gasteiger partial charge is 0.465 e. The molecule has 2 N–H and O–H groups in total. The van der Waals surface area contributed by atoms with Crippen molar-refractivity contribution in [1.29, 1.82) is 0 Å². The molecule has 3 unspecified atom stereocenters. The van der Waals surface area contributed by atoms with Crippen LogP contribution in [0.5, 0.6) is 0 Å². The van der Waals surface area contributed by atoms with Crippen LogP contribution in [0.4, 0.5) is 5.69 Å². The Kier molecular flexibility index (Phi) is 7.30. The summed E-state index contributed by atoms with van der Waals surface area (Å²) in [5, 5.41) is 0. The summed E-state index contributed by atoms with van der Waals surface area (Å²) in [5.74, 6) is 1.22. The molecule has 2 bridgehead atoms. The Labute approximate surface area is 185 Å². The van der Waals surface area contributed by atoms with Crippen LogP contribution in [0, 0.1) is 17.8 Å². The van der Waals surface area contributed by atoms with Crippen LogP contribution in [-0.4, -0.2) is 55.6 Å². The molecule has 6 nitrogen and oxygen atoms in total. The molecule has 0 spiro atoms. The second-order valence-corrected chi connectivity index (χ2v) is 9.06. The number of ether oxygens (including phenoxy) is 1. The van der Waals surface area contributed by atoms with Gasteiger partial charge in [-0.15, -0.1) is 12.4 Å². The van der Waals surface area contributed by atoms with Crippen molar-refractivity contribution in [2.75, 3.05) is 31.6 Å². The lowest BCUT2D eigenvalue weighted by atomic mass is 9.65. The summed E-state index contributed by atoms with van der Waals surface area (Å²) < 4.78 is 4.77. The summed E-state index contributed by atoms with van der Waals surface area (Å²) in [7, 11) is 1.39. The number of carbonyl (C=O) groups excluding carboxylic acids is 2. The topological polar surface area (TPSA) is 75.9 Å². The van der Waals surface area contributed by atoms with Gasteiger partial charge in [-0.1, -0.05) is 6.42 Å². The highest BCUT2D eigenvalue weighted by Gasteiger charge is 2.42. The second kappa shape index (κ2) is 9.56. The zero-order valence-corrected chi connectivity index (χ0v) is 18.8. The van der Waals surface area contributed by atoms with Crippen molar-refractivity contribution >= 4 is 30.0 Å². The van der Waals surface area contributed by atoms with Gasteiger partial charge in [0.15, 0.2) is 0 Å². The Morgan fingerprint density at radius 1 is 1.07 bits per heavy atom. The molecule has 166 valence electrons. The molecule has 30 heavy (non-hydrogen) atoms. The molecule has 4 rings (SSSR count). The van der Waals surface area contributed by atoms with Crippen LogP contribution >= 0.6 is 12.4 Å². The van der Waals surface area contributed by atoms with E-state index in [2.05, 4.69) is 16.7 Å². The SMILES string of the molecule is COC(=O)c1ccc(N2CCN(C(=O)C3CC4CCCC(C3)C4N)C(C)C2)cc1.Cl. The average molecular weight is 436 g/mol. The first-order valence-electron chi connectivity index (χ1n) is 11.0. The summed E-state index contributed by atoms with van der Waals surface area (Å²) in [6.45, 7) is 4.51. The second-order valence-electron chi connectivity index (χ2n) is 9.06. The monoisotopic (exact) mass is 435 g/mol. The molecule has 1 saturated heterocycles. The number of carbonyl (C=O) groups is 2. The molecule has 3 aliphatic rings. The lowest BCUT2D eigenvalue weighted by Crippen LogP contribution is -2.57. The van der Waals surface area contributed by atoms with Gasteiger partial charge < -0.3 is 20.3 Å². The first kappa shape index (κ1) is 22.9. The van der Waals surface area contributed by atoms with Gasteiger partial charge in [-0.3, -0.25) is 4.79 Å². The number of nitrogens with zero attached hydrogens (tertiary/aromatic N) is 2. The number of esters is 1. The average Bonchev–Trinajstić information content (AvgIpc) is 2.72. The standard InChI is InChI=1S/C23H33N3O3.ClH/c1-15-14-25(20-8-6-16(7-9-20)23(28)29-2)10-11-26(15)22(27)19-12-17-4-3-5-18(13-19)21(17)24;/h6-9,15,17-19,21H,3-5,10-14,24H2,1-2H3;1H. The van der Waals surface area contributed by atoms with Crippen molar-refractivity contribution in [3.8, 4) is 0 Å². The Hall–Kier alpha value is -1.79. The van der Waals surface area contributed by atoms with Crippen LogP contribution in [0.3, 0.4) is 0 Å². The van der Waals surface area contributed by atoms with E-state index in [0.717, 1.165) is 38.2 Å². The zero-order chi connectivity index (χ0) is 20.5. The zero-order valence-electron chi connectivity index (χ0n) is 18.0. The molecule has 1 aromatic rings. The van der Waals surface area contributed by atoms with Gasteiger partial charge in [-0.2, -0.15) is 0 Å². The fourth-order valence-corrected chi connectivity index (χ4v) is 5.67. The van der Waals surface area contributed by atoms with Crippen molar-refractivity contribution in [3.05, 3.63) is 29.8 Å². The van der Waals surface area contributed by atoms with Crippen molar-refractivity contribution in [2.45, 2.75) is 51.1 Å². The van der Waals surface area contributed by atoms with Gasteiger partial charge >= 0.3 is 5.97 Å². The minimum Gasteiger partial charge on any atom is -0.465 e. The molecule has 1 heterocycles. The number of piperazine rings is 1. The number of fused-ring (bicyclic) bond motifs is 2. The lowest BCUT2D eigenvalue weighted by Gasteiger charge is -2.47. The van der Waals surface area contributed by atoms with E-state index in [-0.39, 0.29) is 30.3 Å². The maximum atomic E-state index is 13.3. The minimum atomic E-state index is -0.322. The normalized spacial score (nSPS) is 31.0. The summed E-state index contributed by atoms with van der Waals surface area (Å²) in [6.07, 6.45) is 5.59. The number of methoxy groups -OCH3 is 1. The molecule has 3 fully saturated rings. The smallest absolute Gasteiger partial charge is 0.337 e. The third-order valence-electron chi connectivity index (χ3n) is 7.33. The number of halogens is 1. The first-order valence-corrected chi connectivity index (χ1v) is 11.0. The summed E-state index contributed by atoms with van der Waals surface area (Å²) in [4.78, 5) is 29.3. The number of anilines is 1. The molecule has 0 aromatic heterocycles. The van der Waals surface area contributed by atoms with E-state index < -0.39 is 0 Å². The number of amides is 1. The number of hydrogen-bond acceptors (Lipinski definition) is 5. The molecular formula is C23H34ClN3O3. The van der Waals surface area contributed by atoms with Crippen LogP contribution in [0.15, 0.2) is 24.3 Å². The van der Waals surface area contributed by atoms with Gasteiger partial charge in [-0.05, 0) is 68.7 Å². The molecule has 3 atom stereocenters. The summed E-state index contributed by atoms with van der Waals surface area (Å²) >= 11 is 0. The quantitative estimate of drug-likeness (QED) is 0.738. The fraction of sp³-hybridized carbons (Fsp3) is 0.652. The molecule has 2 saturated carbocycles. The van der Waals surface area contributed by atoms with E-state index in [0.29, 0.717) is 29.3 Å². The van der Waals surface area contributed by atoms with E-state index >= 15 is 0 Å². The summed E-state index contributed by atoms with van der Waals surface area (Å²) in [6, 6.07) is 7.99. The third kappa shape index (κ3) is 4.45. The van der Waals surface area contributed by atoms with Gasteiger partial charge in [0.25, 0.3) is 0 Å². The Morgan fingerprint density at radius 3 is 2.27 bits per heavy atom. The van der Waals surface area contributed by atoms with E-state index in [1.807, 2.05) is 12.1 Å². The number of hydrogen-bond donors (Lipinski definition) is 1. The molecule has 1 aliphatic heterocycles. The Balaban J connectivity index is 0.00000256. The van der Waals surface area contributed by atoms with Crippen molar-refractivity contribution < 1.29 is 14.3 Å². The van der Waals surface area contributed by atoms with Gasteiger partial charge in [0, 0.05) is 43.3 Å². The minimum absolute atomic E-state index is 0. The maximum absolute atomic E-state index is 13.3. The molecule has 0 radical (unpaired) electrons. The highest BCUT2D eigenvalue weighted by molar-refractivity contribution is 5.89. The van der Waals surface area contributed by atoms with Gasteiger partial charge in [0.2, 0.25) is 5.91 Å². The van der Waals surface area contributed by atoms with Crippen LogP contribution in [-0.2, 0) is 9.53 Å². The first-order chi connectivity index (χ1) is 14.0. The van der Waals surface area contributed by atoms with Gasteiger partial charge in [-0.25, -0.2) is 4.79 Å². The maximum Gasteiger partial charge on any atom is 0.337 e. The van der Waals surface area contributed by atoms with Gasteiger partial charge in [0.05, 0.1) is 12.7 Å². The van der Waals surface area contributed by atoms with E-state index in [4.69, 9.17) is 10.5 Å². The molecule has 7 heteroatoms. The third-order valence-corrected chi connectivity index (χ3v) is 7.33. The highest BCUT2D eigenvalue weighted by atomic mass is 35.5. The van der Waals surface area contributed by atoms with Crippen molar-refractivity contribution in [2.24, 2.45) is 23.5 Å². The number of nitrogens with two attached hydrogens (primary N) is 1. The molecule has 2 aliphatic carbocycles. The molecular weight excluding hydrogens is 402 g/mol. The van der Waals surface area contributed by atoms with E-state index in [1.165, 1.54) is 26.4 Å². The van der Waals surface area contributed by atoms with Crippen LogP contribution in [0.1, 0.15) is 49.4 Å². The summed E-state index contributed by atoms with van der Waals surface area (Å²) in [5.41, 5.74) is 8.05. The van der Waals surface area contributed by atoms with Gasteiger partial charge in [0.1, 0.15) is 0 Å².